The van der Waals surface area contributed by atoms with Gasteiger partial charge in [-0.2, -0.15) is 0 Å². The van der Waals surface area contributed by atoms with Gasteiger partial charge in [-0.05, 0) is 151 Å². The van der Waals surface area contributed by atoms with Gasteiger partial charge in [0.25, 0.3) is 11.9 Å². The highest BCUT2D eigenvalue weighted by Gasteiger charge is 2.28. The van der Waals surface area contributed by atoms with Crippen LogP contribution in [-0.4, -0.2) is 259 Å². The first kappa shape index (κ1) is 113. The summed E-state index contributed by atoms with van der Waals surface area (Å²) in [5.41, 5.74) is 18.6. The van der Waals surface area contributed by atoms with Crippen molar-refractivity contribution in [3.63, 3.8) is 0 Å². The molecule has 17 N–H and O–H groups in total. The van der Waals surface area contributed by atoms with E-state index in [0.717, 1.165) is 43.9 Å². The third-order valence-electron chi connectivity index (χ3n) is 15.7. The number of hydrogen-bond donors (Lipinski definition) is 14. The van der Waals surface area contributed by atoms with Crippen LogP contribution in [-0.2, 0) is 81.4 Å². The summed E-state index contributed by atoms with van der Waals surface area (Å²) in [4.78, 5) is 104. The summed E-state index contributed by atoms with van der Waals surface area (Å²) >= 11 is 0. The number of Topliss-reactive ketones (excluding diaryl/α,β-unsaturated/α-hetero) is 4. The number of carbonyl (C=O) groups excluding carboxylic acids is 8. The first-order valence-electron chi connectivity index (χ1n) is 38.1. The molecule has 0 fully saturated rings. The summed E-state index contributed by atoms with van der Waals surface area (Å²) in [5.74, 6) is -0.495. The molecule has 0 saturated heterocycles. The normalized spacial score (nSPS) is 11.9. The second-order valence-corrected chi connectivity index (χ2v) is 28.1. The standard InChI is InChI=1S/C17H27NO4.C16H26N2O4.C16H24N2O3.2C13H26N2O3.C2H4O2.C2H6S2.CH5N/c1-2-15-5-7-17(8-6-15)22-14-16(19)4-3-10-20-12-13-21-11-9-18;1-2-14-3-5-15(6-4-14)22-13-16(19)18-8-10-21-12-11-20-9-7-17;1-17-14(10-12-6-4-3-5-7-12)15(20)11-13(8-9-19)16(21)18-2;2*1-9(2)7-11(14-3)12(17)8-10(5-6-16)13(18)15-4;1-2(3)4;1-3-4-2;1-2/h5-8H,2-4,9-14,18H2,1H3;3-6H,2,7-13,17H2,1H3,(H,18,19);3-7,13-14,17,19H,8-11H2,1-2H3,(H,18,21);2*9-11,14,16H,5-8H2,1-4H3,(H,15,18);1H3,(H,3,4);1-2H3;2H2,1H3/t;;13-,14+;2*10-,11+;;;/m..111.../s1. The molecule has 111 heavy (non-hydrogen) atoms. The van der Waals surface area contributed by atoms with Crippen LogP contribution in [0.2, 0.25) is 0 Å². The second kappa shape index (κ2) is 80.1. The molecule has 29 nitrogen and oxygen atoms in total. The molecule has 31 heteroatoms. The number of likely N-dealkylation sites (N-methyl/N-ethyl adjacent to an activating group) is 3. The van der Waals surface area contributed by atoms with Crippen molar-refractivity contribution < 1.29 is 92.0 Å². The minimum atomic E-state index is -0.833. The van der Waals surface area contributed by atoms with Crippen molar-refractivity contribution in [2.75, 3.05) is 167 Å². The van der Waals surface area contributed by atoms with Gasteiger partial charge in [0.05, 0.1) is 64.4 Å². The smallest absolute Gasteiger partial charge is 0.300 e. The van der Waals surface area contributed by atoms with Gasteiger partial charge in [0.2, 0.25) is 17.7 Å². The first-order valence-corrected chi connectivity index (χ1v) is 41.0. The van der Waals surface area contributed by atoms with E-state index in [9.17, 15) is 38.4 Å². The molecule has 0 spiro atoms. The van der Waals surface area contributed by atoms with Crippen molar-refractivity contribution in [3.8, 4) is 11.5 Å². The number of carboxylic acids is 1. The summed E-state index contributed by atoms with van der Waals surface area (Å²) in [6.07, 6.45) is 10.8. The first-order chi connectivity index (χ1) is 53.2. The monoisotopic (exact) mass is 1610 g/mol. The van der Waals surface area contributed by atoms with Crippen LogP contribution in [0.1, 0.15) is 129 Å². The van der Waals surface area contributed by atoms with Crippen LogP contribution >= 0.6 is 21.6 Å². The maximum absolute atomic E-state index is 12.4. The molecule has 4 amide bonds. The fourth-order valence-corrected chi connectivity index (χ4v) is 9.73. The Kier molecular flexibility index (Phi) is 81.6. The van der Waals surface area contributed by atoms with Crippen LogP contribution in [0, 0.1) is 29.6 Å². The van der Waals surface area contributed by atoms with E-state index in [1.54, 1.807) is 56.8 Å². The molecular formula is C80H144N10O19S2. The van der Waals surface area contributed by atoms with E-state index in [0.29, 0.717) is 129 Å². The Morgan fingerprint density at radius 1 is 0.468 bits per heavy atom. The topological polar surface area (TPSA) is 452 Å². The van der Waals surface area contributed by atoms with Gasteiger partial charge in [-0.3, -0.25) is 43.2 Å². The highest BCUT2D eigenvalue weighted by atomic mass is 33.1. The number of aliphatic hydroxyl groups is 3. The van der Waals surface area contributed by atoms with Crippen molar-refractivity contribution in [1.82, 2.24) is 37.2 Å². The molecule has 6 atom stereocenters. The molecule has 0 aliphatic rings. The van der Waals surface area contributed by atoms with Gasteiger partial charge in [-0.15, -0.1) is 0 Å². The van der Waals surface area contributed by atoms with Gasteiger partial charge >= 0.3 is 0 Å². The van der Waals surface area contributed by atoms with E-state index in [-0.39, 0.29) is 117 Å². The minimum absolute atomic E-state index is 0.00504. The van der Waals surface area contributed by atoms with E-state index in [2.05, 4.69) is 97.0 Å². The van der Waals surface area contributed by atoms with Gasteiger partial charge < -0.3 is 103 Å². The van der Waals surface area contributed by atoms with Gasteiger partial charge in [-0.1, -0.05) is 118 Å². The fourth-order valence-electron chi connectivity index (χ4n) is 9.73. The SMILES string of the molecule is CC(=O)O.CCc1ccc(OCC(=O)CCCOCCOCCN)cc1.CCc1ccc(OCC(=O)NCCOCCOCCN)cc1.CN.CNC(=O)[C@H](CCO)CC(=O)[C@H](CC(C)C)NC.CNC(=O)[C@H](CCO)CC(=O)[C@H](CC(C)C)NC.CNC(=O)[C@H](CCO)CC(=O)[C@H](Cc1ccccc1)NC.CSSC. The number of benzene rings is 3. The highest BCUT2D eigenvalue weighted by Crippen LogP contribution is 2.19. The number of hydrogen-bond acceptors (Lipinski definition) is 26. The third kappa shape index (κ3) is 67.7. The zero-order chi connectivity index (χ0) is 85.0. The average molecular weight is 1610 g/mol. The molecule has 0 aliphatic carbocycles. The number of nitrogens with two attached hydrogens (primary N) is 3. The summed E-state index contributed by atoms with van der Waals surface area (Å²) < 4.78 is 31.9. The number of aliphatic carboxylic acids is 1. The molecule has 0 radical (unpaired) electrons. The number of carbonyl (C=O) groups is 9. The van der Waals surface area contributed by atoms with Crippen molar-refractivity contribution in [1.29, 1.82) is 0 Å². The molecule has 3 aromatic carbocycles. The van der Waals surface area contributed by atoms with Gasteiger partial charge in [-0.25, -0.2) is 0 Å². The van der Waals surface area contributed by atoms with E-state index in [4.69, 9.17) is 65.1 Å². The largest absolute Gasteiger partial charge is 0.486 e. The lowest BCUT2D eigenvalue weighted by Crippen LogP contribution is -2.39. The lowest BCUT2D eigenvalue weighted by molar-refractivity contribution is -0.134. The predicted molar refractivity (Wildman–Crippen MR) is 446 cm³/mol. The summed E-state index contributed by atoms with van der Waals surface area (Å²) in [6.45, 7) is 19.0. The molecule has 3 aromatic rings. The Morgan fingerprint density at radius 2 is 0.811 bits per heavy atom. The summed E-state index contributed by atoms with van der Waals surface area (Å²) in [6, 6.07) is 24.6. The predicted octanol–water partition coefficient (Wildman–Crippen LogP) is 5.17. The Morgan fingerprint density at radius 3 is 1.13 bits per heavy atom. The van der Waals surface area contributed by atoms with Crippen LogP contribution in [0.15, 0.2) is 78.9 Å². The van der Waals surface area contributed by atoms with Crippen molar-refractivity contribution in [3.05, 3.63) is 95.6 Å². The fraction of sp³-hybridized carbons (Fsp3) is 0.662. The van der Waals surface area contributed by atoms with Crippen molar-refractivity contribution in [2.45, 2.75) is 150 Å². The number of rotatable bonds is 53. The molecule has 0 saturated carbocycles. The Labute approximate surface area is 671 Å². The van der Waals surface area contributed by atoms with Crippen LogP contribution in [0.3, 0.4) is 0 Å². The number of ketones is 4. The van der Waals surface area contributed by atoms with E-state index < -0.39 is 23.7 Å². The van der Waals surface area contributed by atoms with Crippen molar-refractivity contribution in [2.24, 2.45) is 46.8 Å². The Bertz CT molecular complexity index is 2630. The lowest BCUT2D eigenvalue weighted by Gasteiger charge is -2.20. The number of nitrogens with one attached hydrogen (secondary N) is 7. The molecule has 3 rings (SSSR count). The summed E-state index contributed by atoms with van der Waals surface area (Å²) in [7, 11) is 14.9. The quantitative estimate of drug-likeness (QED) is 0.0256. The number of aryl methyl sites for hydroxylation is 2. The van der Waals surface area contributed by atoms with Crippen LogP contribution in [0.5, 0.6) is 11.5 Å². The van der Waals surface area contributed by atoms with Gasteiger partial charge in [0.15, 0.2) is 29.7 Å². The molecule has 0 aliphatic heterocycles. The van der Waals surface area contributed by atoms with Crippen LogP contribution in [0.25, 0.3) is 0 Å². The summed E-state index contributed by atoms with van der Waals surface area (Å²) in [5, 5.41) is 53.6. The van der Waals surface area contributed by atoms with E-state index in [1.807, 2.05) is 78.9 Å². The molecule has 0 bridgehead atoms. The van der Waals surface area contributed by atoms with Crippen LogP contribution in [0.4, 0.5) is 0 Å². The Hall–Kier alpha value is -6.53. The molecule has 0 aromatic heterocycles. The number of aliphatic hydroxyl groups excluding tert-OH is 3. The average Bonchev–Trinajstić information content (AvgIpc) is 0.901. The molecule has 0 heterocycles. The maximum Gasteiger partial charge on any atom is 0.300 e. The van der Waals surface area contributed by atoms with E-state index in [1.165, 1.54) is 25.2 Å². The number of amides is 4. The maximum atomic E-state index is 12.4. The van der Waals surface area contributed by atoms with Gasteiger partial charge in [0, 0.05) is 118 Å². The van der Waals surface area contributed by atoms with Crippen LogP contribution < -0.4 is 63.9 Å². The molecule has 0 unspecified atom stereocenters. The molecule has 640 valence electrons. The number of carboxylic acid groups (broad SMARTS) is 1. The molecular weight excluding hydrogens is 1470 g/mol. The van der Waals surface area contributed by atoms with E-state index >= 15 is 0 Å². The Balaban J connectivity index is -0.000000409. The second-order valence-electron chi connectivity index (χ2n) is 25.4. The zero-order valence-corrected chi connectivity index (χ0v) is 71.2. The lowest BCUT2D eigenvalue weighted by atomic mass is 9.91. The highest BCUT2D eigenvalue weighted by molar-refractivity contribution is 8.76. The number of ether oxygens (including phenoxy) is 6. The van der Waals surface area contributed by atoms with Gasteiger partial charge in [0.1, 0.15) is 18.1 Å². The van der Waals surface area contributed by atoms with Crippen molar-refractivity contribution >= 4 is 74.3 Å². The minimum Gasteiger partial charge on any atom is -0.486 e. The zero-order valence-electron chi connectivity index (χ0n) is 69.6. The third-order valence-corrected chi connectivity index (χ3v) is 17.0.